The van der Waals surface area contributed by atoms with Gasteiger partial charge in [-0.2, -0.15) is 0 Å². The van der Waals surface area contributed by atoms with Crippen molar-refractivity contribution in [1.82, 2.24) is 10.2 Å². The Balaban J connectivity index is 1.44. The molecule has 2 heterocycles. The number of benzene rings is 2. The first kappa shape index (κ1) is 20.1. The van der Waals surface area contributed by atoms with Gasteiger partial charge in [-0.25, -0.2) is 0 Å². The topological polar surface area (TPSA) is 58.1 Å². The molecule has 1 aliphatic heterocycles. The van der Waals surface area contributed by atoms with Crippen molar-refractivity contribution in [2.24, 2.45) is 5.92 Å². The van der Waals surface area contributed by atoms with Crippen LogP contribution in [0.4, 0.5) is 11.5 Å². The molecule has 2 aromatic carbocycles. The predicted octanol–water partition coefficient (Wildman–Crippen LogP) is 4.92. The monoisotopic (exact) mass is 400 g/mol. The molecule has 4 rings (SSSR count). The second-order valence-corrected chi connectivity index (χ2v) is 8.24. The van der Waals surface area contributed by atoms with Crippen LogP contribution in [-0.2, 0) is 4.79 Å². The summed E-state index contributed by atoms with van der Waals surface area (Å²) in [7, 11) is 0. The summed E-state index contributed by atoms with van der Waals surface area (Å²) in [6, 6.07) is 18.4. The van der Waals surface area contributed by atoms with Crippen LogP contribution in [0.15, 0.2) is 54.6 Å². The Morgan fingerprint density at radius 2 is 1.77 bits per heavy atom. The molecule has 1 fully saturated rings. The summed E-state index contributed by atoms with van der Waals surface area (Å²) in [6.07, 6.45) is 1.86. The van der Waals surface area contributed by atoms with Crippen molar-refractivity contribution in [3.63, 3.8) is 0 Å². The molecule has 1 aliphatic rings. The number of rotatable bonds is 4. The molecule has 1 unspecified atom stereocenters. The van der Waals surface area contributed by atoms with Crippen LogP contribution in [0.25, 0.3) is 11.3 Å². The van der Waals surface area contributed by atoms with E-state index in [4.69, 9.17) is 0 Å². The van der Waals surface area contributed by atoms with E-state index in [1.54, 1.807) is 0 Å². The normalized spacial score (nSPS) is 16.4. The number of amides is 1. The first-order valence-electron chi connectivity index (χ1n) is 10.5. The van der Waals surface area contributed by atoms with Crippen LogP contribution < -0.4 is 10.2 Å². The van der Waals surface area contributed by atoms with Crippen molar-refractivity contribution in [3.05, 3.63) is 71.3 Å². The second-order valence-electron chi connectivity index (χ2n) is 8.24. The fourth-order valence-corrected chi connectivity index (χ4v) is 4.19. The highest BCUT2D eigenvalue weighted by Gasteiger charge is 2.27. The van der Waals surface area contributed by atoms with Gasteiger partial charge in [-0.3, -0.25) is 4.79 Å². The Hall–Kier alpha value is -3.21. The van der Waals surface area contributed by atoms with E-state index in [1.165, 1.54) is 5.56 Å². The Morgan fingerprint density at radius 1 is 1.00 bits per heavy atom. The average Bonchev–Trinajstić information content (AvgIpc) is 2.74. The van der Waals surface area contributed by atoms with E-state index in [-0.39, 0.29) is 11.8 Å². The molecular formula is C25H28N4O. The quantitative estimate of drug-likeness (QED) is 0.675. The van der Waals surface area contributed by atoms with Gasteiger partial charge in [0.2, 0.25) is 5.91 Å². The first-order chi connectivity index (χ1) is 14.5. The Kier molecular flexibility index (Phi) is 5.79. The smallest absolute Gasteiger partial charge is 0.229 e. The molecule has 0 bridgehead atoms. The van der Waals surface area contributed by atoms with Gasteiger partial charge in [0.25, 0.3) is 0 Å². The van der Waals surface area contributed by atoms with Gasteiger partial charge in [-0.15, -0.1) is 10.2 Å². The maximum absolute atomic E-state index is 12.9. The zero-order valence-corrected chi connectivity index (χ0v) is 17.9. The number of anilines is 2. The molecule has 1 amide bonds. The van der Waals surface area contributed by atoms with E-state index in [0.29, 0.717) is 6.54 Å². The largest absolute Gasteiger partial charge is 0.354 e. The van der Waals surface area contributed by atoms with Crippen molar-refractivity contribution in [2.45, 2.75) is 33.6 Å². The third-order valence-electron chi connectivity index (χ3n) is 5.68. The molecule has 0 radical (unpaired) electrons. The molecule has 1 atom stereocenters. The zero-order chi connectivity index (χ0) is 21.1. The van der Waals surface area contributed by atoms with Crippen molar-refractivity contribution in [1.29, 1.82) is 0 Å². The van der Waals surface area contributed by atoms with Gasteiger partial charge in [-0.1, -0.05) is 30.3 Å². The molecule has 0 spiro atoms. The molecule has 1 aromatic heterocycles. The highest BCUT2D eigenvalue weighted by atomic mass is 16.1. The van der Waals surface area contributed by atoms with Crippen LogP contribution in [0.5, 0.6) is 0 Å². The van der Waals surface area contributed by atoms with Crippen molar-refractivity contribution in [3.8, 4) is 11.3 Å². The number of nitrogens with zero attached hydrogens (tertiary/aromatic N) is 3. The second kappa shape index (κ2) is 8.66. The highest BCUT2D eigenvalue weighted by Crippen LogP contribution is 2.25. The fraction of sp³-hybridized carbons (Fsp3) is 0.320. The molecule has 1 saturated heterocycles. The highest BCUT2D eigenvalue weighted by molar-refractivity contribution is 5.93. The van der Waals surface area contributed by atoms with Gasteiger partial charge in [0, 0.05) is 24.3 Å². The molecule has 0 saturated carbocycles. The van der Waals surface area contributed by atoms with Crippen LogP contribution in [-0.4, -0.2) is 29.2 Å². The Labute approximate surface area is 178 Å². The van der Waals surface area contributed by atoms with Crippen LogP contribution in [0.2, 0.25) is 0 Å². The summed E-state index contributed by atoms with van der Waals surface area (Å²) in [4.78, 5) is 15.0. The van der Waals surface area contributed by atoms with Gasteiger partial charge < -0.3 is 10.2 Å². The number of hydrogen-bond acceptors (Lipinski definition) is 4. The van der Waals surface area contributed by atoms with Crippen molar-refractivity contribution < 1.29 is 4.79 Å². The van der Waals surface area contributed by atoms with Crippen LogP contribution in [0.3, 0.4) is 0 Å². The van der Waals surface area contributed by atoms with E-state index in [1.807, 2.05) is 50.2 Å². The van der Waals surface area contributed by atoms with Gasteiger partial charge in [-0.05, 0) is 74.6 Å². The lowest BCUT2D eigenvalue weighted by Crippen LogP contribution is -2.41. The number of carbonyl (C=O) groups is 1. The molecule has 5 heteroatoms. The molecule has 0 aliphatic carbocycles. The van der Waals surface area contributed by atoms with E-state index >= 15 is 0 Å². The minimum absolute atomic E-state index is 0.0580. The number of carbonyl (C=O) groups excluding carboxylic acids is 1. The first-order valence-corrected chi connectivity index (χ1v) is 10.5. The lowest BCUT2D eigenvalue weighted by Gasteiger charge is -2.32. The van der Waals surface area contributed by atoms with E-state index in [2.05, 4.69) is 45.5 Å². The third kappa shape index (κ3) is 4.51. The molecule has 154 valence electrons. The van der Waals surface area contributed by atoms with E-state index in [9.17, 15) is 4.79 Å². The summed E-state index contributed by atoms with van der Waals surface area (Å²) in [5.41, 5.74) is 6.33. The van der Waals surface area contributed by atoms with Gasteiger partial charge >= 0.3 is 0 Å². The maximum Gasteiger partial charge on any atom is 0.229 e. The predicted molar refractivity (Wildman–Crippen MR) is 122 cm³/mol. The molecule has 30 heavy (non-hydrogen) atoms. The van der Waals surface area contributed by atoms with Gasteiger partial charge in [0.05, 0.1) is 11.6 Å². The minimum Gasteiger partial charge on any atom is -0.354 e. The number of aromatic nitrogens is 2. The van der Waals surface area contributed by atoms with Crippen LogP contribution >= 0.6 is 0 Å². The molecule has 5 nitrogen and oxygen atoms in total. The SMILES string of the molecule is Cc1cc(C)cc(NC(=O)C2CCCN(c3ccc(-c4ccccc4C)nn3)C2)c1. The molecular weight excluding hydrogens is 372 g/mol. The fourth-order valence-electron chi connectivity index (χ4n) is 4.19. The minimum atomic E-state index is -0.0580. The number of piperidine rings is 1. The van der Waals surface area contributed by atoms with E-state index < -0.39 is 0 Å². The number of aryl methyl sites for hydroxylation is 3. The number of nitrogens with one attached hydrogen (secondary N) is 1. The summed E-state index contributed by atoms with van der Waals surface area (Å²) >= 11 is 0. The van der Waals surface area contributed by atoms with Gasteiger partial charge in [0.1, 0.15) is 0 Å². The van der Waals surface area contributed by atoms with Crippen LogP contribution in [0.1, 0.15) is 29.5 Å². The number of hydrogen-bond donors (Lipinski definition) is 1. The summed E-state index contributed by atoms with van der Waals surface area (Å²) in [6.45, 7) is 7.73. The summed E-state index contributed by atoms with van der Waals surface area (Å²) in [5.74, 6) is 0.850. The molecule has 1 N–H and O–H groups in total. The summed E-state index contributed by atoms with van der Waals surface area (Å²) < 4.78 is 0. The Morgan fingerprint density at radius 3 is 2.47 bits per heavy atom. The Bertz CT molecular complexity index is 1030. The zero-order valence-electron chi connectivity index (χ0n) is 17.9. The maximum atomic E-state index is 12.9. The molecule has 3 aromatic rings. The third-order valence-corrected chi connectivity index (χ3v) is 5.68. The van der Waals surface area contributed by atoms with Crippen molar-refractivity contribution in [2.75, 3.05) is 23.3 Å². The lowest BCUT2D eigenvalue weighted by atomic mass is 9.97. The van der Waals surface area contributed by atoms with E-state index in [0.717, 1.165) is 53.3 Å². The van der Waals surface area contributed by atoms with Crippen LogP contribution in [0, 0.1) is 26.7 Å². The summed E-state index contributed by atoms with van der Waals surface area (Å²) in [5, 5.41) is 12.0. The average molecular weight is 401 g/mol. The van der Waals surface area contributed by atoms with Crippen molar-refractivity contribution >= 4 is 17.4 Å². The van der Waals surface area contributed by atoms with Gasteiger partial charge in [0.15, 0.2) is 5.82 Å². The lowest BCUT2D eigenvalue weighted by molar-refractivity contribution is -0.120. The standard InChI is InChI=1S/C25H28N4O/c1-17-13-18(2)15-21(14-17)26-25(30)20-8-6-12-29(16-20)24-11-10-23(27-28-24)22-9-5-4-7-19(22)3/h4-5,7,9-11,13-15,20H,6,8,12,16H2,1-3H3,(H,26,30).